The summed E-state index contributed by atoms with van der Waals surface area (Å²) in [5.74, 6) is 0.484. The quantitative estimate of drug-likeness (QED) is 0.552. The Hall–Kier alpha value is -3.67. The summed E-state index contributed by atoms with van der Waals surface area (Å²) in [6.07, 6.45) is 0. The van der Waals surface area contributed by atoms with Gasteiger partial charge in [-0.2, -0.15) is 0 Å². The van der Waals surface area contributed by atoms with Crippen LogP contribution in [-0.4, -0.2) is 27.5 Å². The molecule has 1 N–H and O–H groups in total. The van der Waals surface area contributed by atoms with E-state index in [0.29, 0.717) is 30.2 Å². The summed E-state index contributed by atoms with van der Waals surface area (Å²) in [4.78, 5) is 12.6. The summed E-state index contributed by atoms with van der Waals surface area (Å²) in [5, 5.41) is 11.3. The number of carbonyl (C=O) groups excluding carboxylic acids is 1. The van der Waals surface area contributed by atoms with Gasteiger partial charge in [-0.3, -0.25) is 4.79 Å². The second-order valence-electron chi connectivity index (χ2n) is 6.32. The fourth-order valence-corrected chi connectivity index (χ4v) is 3.01. The number of para-hydroxylation sites is 3. The normalized spacial score (nSPS) is 10.8. The van der Waals surface area contributed by atoms with Crippen molar-refractivity contribution >= 4 is 22.6 Å². The molecule has 1 aromatic heterocycles. The number of amides is 1. The minimum atomic E-state index is -0.176. The Balaban J connectivity index is 1.48. The first-order valence-electron chi connectivity index (χ1n) is 9.15. The van der Waals surface area contributed by atoms with Gasteiger partial charge in [-0.25, -0.2) is 4.68 Å². The number of hydrogen-bond acceptors (Lipinski definition) is 4. The molecule has 0 spiro atoms. The highest BCUT2D eigenvalue weighted by atomic mass is 16.5. The molecule has 0 bridgehead atoms. The summed E-state index contributed by atoms with van der Waals surface area (Å²) in [5.41, 5.74) is 4.14. The zero-order valence-corrected chi connectivity index (χ0v) is 15.5. The van der Waals surface area contributed by atoms with Gasteiger partial charge in [-0.1, -0.05) is 41.6 Å². The largest absolute Gasteiger partial charge is 0.492 e. The molecule has 0 atom stereocenters. The van der Waals surface area contributed by atoms with Crippen molar-refractivity contribution in [1.29, 1.82) is 0 Å². The maximum atomic E-state index is 12.6. The van der Waals surface area contributed by atoms with Gasteiger partial charge in [0.25, 0.3) is 5.91 Å². The van der Waals surface area contributed by atoms with E-state index in [4.69, 9.17) is 4.74 Å². The molecule has 0 aliphatic carbocycles. The number of fused-ring (bicyclic) bond motifs is 1. The molecule has 0 aliphatic rings. The zero-order valence-electron chi connectivity index (χ0n) is 15.5. The van der Waals surface area contributed by atoms with Crippen LogP contribution in [0.1, 0.15) is 22.8 Å². The maximum absolute atomic E-state index is 12.6. The minimum Gasteiger partial charge on any atom is -0.492 e. The first-order chi connectivity index (χ1) is 13.7. The van der Waals surface area contributed by atoms with Crippen LogP contribution in [0.5, 0.6) is 5.75 Å². The first-order valence-corrected chi connectivity index (χ1v) is 9.15. The molecule has 0 aliphatic heterocycles. The number of ether oxygens (including phenoxy) is 1. The molecule has 4 aromatic rings. The fraction of sp³-hybridized carbons (Fsp3) is 0.136. The van der Waals surface area contributed by atoms with Crippen LogP contribution in [0, 0.1) is 0 Å². The highest BCUT2D eigenvalue weighted by Crippen LogP contribution is 2.24. The molecule has 28 heavy (non-hydrogen) atoms. The van der Waals surface area contributed by atoms with E-state index >= 15 is 0 Å². The summed E-state index contributed by atoms with van der Waals surface area (Å²) >= 11 is 0. The van der Waals surface area contributed by atoms with Crippen LogP contribution in [0.2, 0.25) is 0 Å². The van der Waals surface area contributed by atoms with Crippen molar-refractivity contribution in [2.45, 2.75) is 13.5 Å². The van der Waals surface area contributed by atoms with Gasteiger partial charge < -0.3 is 10.1 Å². The Morgan fingerprint density at radius 3 is 2.57 bits per heavy atom. The third-order valence-corrected chi connectivity index (χ3v) is 4.40. The Morgan fingerprint density at radius 1 is 1.00 bits per heavy atom. The second kappa shape index (κ2) is 7.92. The van der Waals surface area contributed by atoms with E-state index in [9.17, 15) is 4.79 Å². The van der Waals surface area contributed by atoms with Crippen molar-refractivity contribution < 1.29 is 9.53 Å². The van der Waals surface area contributed by atoms with Gasteiger partial charge in [-0.15, -0.1) is 5.10 Å². The highest BCUT2D eigenvalue weighted by molar-refractivity contribution is 6.05. The SMILES string of the molecule is CCOc1ccccc1NC(=O)c1ccc(Cn2nnc3ccccc32)cc1. The molecule has 1 heterocycles. The molecular formula is C22H20N4O2. The van der Waals surface area contributed by atoms with Gasteiger partial charge in [0.05, 0.1) is 24.4 Å². The number of nitrogens with zero attached hydrogens (tertiary/aromatic N) is 3. The third-order valence-electron chi connectivity index (χ3n) is 4.40. The van der Waals surface area contributed by atoms with E-state index in [1.165, 1.54) is 0 Å². The molecule has 6 heteroatoms. The predicted molar refractivity (Wildman–Crippen MR) is 109 cm³/mol. The average Bonchev–Trinajstić information content (AvgIpc) is 3.13. The van der Waals surface area contributed by atoms with Crippen LogP contribution in [0.3, 0.4) is 0 Å². The lowest BCUT2D eigenvalue weighted by atomic mass is 10.1. The zero-order chi connectivity index (χ0) is 19.3. The summed E-state index contributed by atoms with van der Waals surface area (Å²) in [6.45, 7) is 3.05. The molecule has 1 amide bonds. The Labute approximate surface area is 162 Å². The van der Waals surface area contributed by atoms with Gasteiger partial charge in [-0.05, 0) is 48.9 Å². The lowest BCUT2D eigenvalue weighted by Crippen LogP contribution is -2.13. The molecule has 0 saturated heterocycles. The maximum Gasteiger partial charge on any atom is 0.255 e. The van der Waals surface area contributed by atoms with E-state index in [1.807, 2.05) is 84.4 Å². The van der Waals surface area contributed by atoms with Crippen LogP contribution in [0.25, 0.3) is 11.0 Å². The Bertz CT molecular complexity index is 1100. The average molecular weight is 372 g/mol. The minimum absolute atomic E-state index is 0.176. The van der Waals surface area contributed by atoms with Crippen LogP contribution in [-0.2, 0) is 6.54 Å². The number of nitrogens with one attached hydrogen (secondary N) is 1. The highest BCUT2D eigenvalue weighted by Gasteiger charge is 2.10. The van der Waals surface area contributed by atoms with Crippen LogP contribution in [0.4, 0.5) is 5.69 Å². The second-order valence-corrected chi connectivity index (χ2v) is 6.32. The fourth-order valence-electron chi connectivity index (χ4n) is 3.01. The smallest absolute Gasteiger partial charge is 0.255 e. The molecular weight excluding hydrogens is 352 g/mol. The number of anilines is 1. The molecule has 0 fully saturated rings. The lowest BCUT2D eigenvalue weighted by Gasteiger charge is -2.11. The molecule has 0 saturated carbocycles. The summed E-state index contributed by atoms with van der Waals surface area (Å²) in [7, 11) is 0. The van der Waals surface area contributed by atoms with E-state index in [1.54, 1.807) is 0 Å². The van der Waals surface area contributed by atoms with Crippen molar-refractivity contribution in [3.8, 4) is 5.75 Å². The van der Waals surface area contributed by atoms with Crippen LogP contribution < -0.4 is 10.1 Å². The molecule has 4 rings (SSSR count). The lowest BCUT2D eigenvalue weighted by molar-refractivity contribution is 0.102. The molecule has 0 unspecified atom stereocenters. The van der Waals surface area contributed by atoms with Crippen LogP contribution in [0.15, 0.2) is 72.8 Å². The molecule has 140 valence electrons. The van der Waals surface area contributed by atoms with Crippen molar-refractivity contribution in [3.63, 3.8) is 0 Å². The van der Waals surface area contributed by atoms with Gasteiger partial charge in [0.15, 0.2) is 0 Å². The van der Waals surface area contributed by atoms with Crippen molar-refractivity contribution in [2.24, 2.45) is 0 Å². The summed E-state index contributed by atoms with van der Waals surface area (Å²) in [6, 6.07) is 22.7. The number of carbonyl (C=O) groups is 1. The number of rotatable bonds is 6. The molecule has 0 radical (unpaired) electrons. The Kier molecular flexibility index (Phi) is 5.01. The van der Waals surface area contributed by atoms with Crippen molar-refractivity contribution in [3.05, 3.63) is 83.9 Å². The van der Waals surface area contributed by atoms with Crippen LogP contribution >= 0.6 is 0 Å². The van der Waals surface area contributed by atoms with E-state index in [2.05, 4.69) is 15.6 Å². The molecule has 3 aromatic carbocycles. The van der Waals surface area contributed by atoms with E-state index in [0.717, 1.165) is 16.6 Å². The monoisotopic (exact) mass is 372 g/mol. The number of hydrogen-bond donors (Lipinski definition) is 1. The first kappa shape index (κ1) is 17.7. The van der Waals surface area contributed by atoms with Gasteiger partial charge in [0, 0.05) is 5.56 Å². The molecule has 6 nitrogen and oxygen atoms in total. The number of aromatic nitrogens is 3. The Morgan fingerprint density at radius 2 is 1.75 bits per heavy atom. The van der Waals surface area contributed by atoms with Gasteiger partial charge >= 0.3 is 0 Å². The van der Waals surface area contributed by atoms with E-state index < -0.39 is 0 Å². The predicted octanol–water partition coefficient (Wildman–Crippen LogP) is 4.13. The third kappa shape index (κ3) is 3.71. The van der Waals surface area contributed by atoms with Crippen molar-refractivity contribution in [2.75, 3.05) is 11.9 Å². The van der Waals surface area contributed by atoms with Gasteiger partial charge in [0.1, 0.15) is 11.3 Å². The summed E-state index contributed by atoms with van der Waals surface area (Å²) < 4.78 is 7.41. The van der Waals surface area contributed by atoms with Gasteiger partial charge in [0.2, 0.25) is 0 Å². The van der Waals surface area contributed by atoms with E-state index in [-0.39, 0.29) is 5.91 Å². The van der Waals surface area contributed by atoms with Crippen molar-refractivity contribution in [1.82, 2.24) is 15.0 Å². The number of benzene rings is 3. The topological polar surface area (TPSA) is 69.0 Å². The standard InChI is InChI=1S/C22H20N4O2/c1-2-28-21-10-6-4-8-19(21)23-22(27)17-13-11-16(12-14-17)15-26-20-9-5-3-7-18(20)24-25-26/h3-14H,2,15H2,1H3,(H,23,27).